The molecule has 0 aromatic rings. The van der Waals surface area contributed by atoms with Gasteiger partial charge < -0.3 is 22.4 Å². The summed E-state index contributed by atoms with van der Waals surface area (Å²) >= 11 is 0. The number of hydrogen-bond acceptors (Lipinski definition) is 1. The predicted molar refractivity (Wildman–Crippen MR) is 38.9 cm³/mol. The Kier molecular flexibility index (Phi) is 2.79. The molecule has 2 N–H and O–H groups in total. The van der Waals surface area contributed by atoms with Gasteiger partial charge in [0.05, 0.1) is 13.6 Å². The van der Waals surface area contributed by atoms with Gasteiger partial charge in [0.1, 0.15) is 12.1 Å². The zero-order valence-electron chi connectivity index (χ0n) is 6.89. The zero-order valence-corrected chi connectivity index (χ0v) is 7.64. The van der Waals surface area contributed by atoms with E-state index in [9.17, 15) is 5.11 Å². The number of aliphatic hydroxyl groups is 1. The van der Waals surface area contributed by atoms with Gasteiger partial charge in [0.2, 0.25) is 0 Å². The summed E-state index contributed by atoms with van der Waals surface area (Å²) < 4.78 is 0. The van der Waals surface area contributed by atoms with Gasteiger partial charge in [0, 0.05) is 12.3 Å². The summed E-state index contributed by atoms with van der Waals surface area (Å²) in [4.78, 5) is 1.55. The lowest BCUT2D eigenvalue weighted by molar-refractivity contribution is -0.925. The number of aliphatic hydroxyl groups excluding tert-OH is 1. The fourth-order valence-corrected chi connectivity index (χ4v) is 2.60. The van der Waals surface area contributed by atoms with Crippen LogP contribution in [-0.4, -0.2) is 30.8 Å². The van der Waals surface area contributed by atoms with Crippen LogP contribution in [0.5, 0.6) is 0 Å². The number of nitrogens with one attached hydrogen (secondary N) is 1. The molecule has 11 heavy (non-hydrogen) atoms. The van der Waals surface area contributed by atoms with Crippen LogP contribution in [0.2, 0.25) is 0 Å². The van der Waals surface area contributed by atoms with E-state index < -0.39 is 0 Å². The van der Waals surface area contributed by atoms with Crippen molar-refractivity contribution in [3.63, 3.8) is 0 Å². The van der Waals surface area contributed by atoms with Gasteiger partial charge in [-0.05, 0) is 12.8 Å². The molecule has 0 aromatic heterocycles. The zero-order chi connectivity index (χ0) is 7.14. The highest BCUT2D eigenvalue weighted by atomic mass is 35.5. The van der Waals surface area contributed by atoms with E-state index in [2.05, 4.69) is 7.05 Å². The van der Waals surface area contributed by atoms with E-state index in [0.717, 1.165) is 12.3 Å². The predicted octanol–water partition coefficient (Wildman–Crippen LogP) is -3.95. The van der Waals surface area contributed by atoms with Gasteiger partial charge in [0.25, 0.3) is 0 Å². The molecule has 2 aliphatic heterocycles. The maximum Gasteiger partial charge on any atom is 0.113 e. The molecular formula is C8H16ClNO. The van der Waals surface area contributed by atoms with Crippen molar-refractivity contribution in [1.82, 2.24) is 0 Å². The highest BCUT2D eigenvalue weighted by Gasteiger charge is 2.41. The fourth-order valence-electron chi connectivity index (χ4n) is 2.60. The first-order valence-corrected chi connectivity index (χ1v) is 4.28. The Balaban J connectivity index is 0.000000605. The van der Waals surface area contributed by atoms with E-state index in [1.807, 2.05) is 0 Å². The van der Waals surface area contributed by atoms with Crippen molar-refractivity contribution in [3.05, 3.63) is 0 Å². The molecule has 4 atom stereocenters. The molecular weight excluding hydrogens is 162 g/mol. The smallest absolute Gasteiger partial charge is 0.113 e. The van der Waals surface area contributed by atoms with Crippen LogP contribution in [0, 0.1) is 5.92 Å². The summed E-state index contributed by atoms with van der Waals surface area (Å²) in [6.45, 7) is 1.29. The van der Waals surface area contributed by atoms with Crippen molar-refractivity contribution in [2.24, 2.45) is 5.92 Å². The Hall–Kier alpha value is 0.210. The monoisotopic (exact) mass is 177 g/mol. The molecule has 2 heterocycles. The first-order chi connectivity index (χ1) is 4.77. The molecule has 1 aliphatic carbocycles. The van der Waals surface area contributed by atoms with E-state index in [1.54, 1.807) is 4.90 Å². The van der Waals surface area contributed by atoms with Crippen LogP contribution in [0.4, 0.5) is 0 Å². The van der Waals surface area contributed by atoms with Gasteiger partial charge in [-0.1, -0.05) is 0 Å². The topological polar surface area (TPSA) is 24.7 Å². The summed E-state index contributed by atoms with van der Waals surface area (Å²) in [7, 11) is 2.21. The molecule has 0 aromatic carbocycles. The van der Waals surface area contributed by atoms with Crippen LogP contribution >= 0.6 is 0 Å². The van der Waals surface area contributed by atoms with Crippen LogP contribution in [0.15, 0.2) is 0 Å². The van der Waals surface area contributed by atoms with Gasteiger partial charge in [-0.3, -0.25) is 0 Å². The highest BCUT2D eigenvalue weighted by molar-refractivity contribution is 4.82. The molecule has 2 nitrogen and oxygen atoms in total. The molecule has 1 saturated carbocycles. The maximum atomic E-state index is 9.55. The lowest BCUT2D eigenvalue weighted by atomic mass is 9.78. The average Bonchev–Trinajstić information content (AvgIpc) is 1.86. The number of hydrogen-bond donors (Lipinski definition) is 2. The summed E-state index contributed by atoms with van der Waals surface area (Å²) in [6.07, 6.45) is 3.69. The van der Waals surface area contributed by atoms with Crippen molar-refractivity contribution in [2.45, 2.75) is 31.4 Å². The van der Waals surface area contributed by atoms with E-state index in [1.165, 1.54) is 19.4 Å². The molecule has 2 saturated heterocycles. The second-order valence-corrected chi connectivity index (χ2v) is 3.90. The summed E-state index contributed by atoms with van der Waals surface area (Å²) in [5.41, 5.74) is 0. The molecule has 0 spiro atoms. The minimum absolute atomic E-state index is 0. The van der Waals surface area contributed by atoms with E-state index in [0.29, 0.717) is 6.04 Å². The molecule has 2 bridgehead atoms. The van der Waals surface area contributed by atoms with Gasteiger partial charge in [-0.15, -0.1) is 0 Å². The van der Waals surface area contributed by atoms with Crippen LogP contribution in [0.3, 0.4) is 0 Å². The molecule has 3 heteroatoms. The molecule has 3 rings (SSSR count). The normalized spacial score (nSPS) is 48.5. The van der Waals surface area contributed by atoms with Crippen LogP contribution in [0.25, 0.3) is 0 Å². The number of likely N-dealkylation sites (N-methyl/N-ethyl adjacent to an activating group) is 1. The molecule has 3 aliphatic rings. The molecule has 0 amide bonds. The number of rotatable bonds is 0. The van der Waals surface area contributed by atoms with Crippen LogP contribution in [-0.2, 0) is 0 Å². The Morgan fingerprint density at radius 1 is 1.36 bits per heavy atom. The molecule has 4 unspecified atom stereocenters. The van der Waals surface area contributed by atoms with Gasteiger partial charge in [-0.2, -0.15) is 0 Å². The van der Waals surface area contributed by atoms with Crippen molar-refractivity contribution >= 4 is 0 Å². The number of quaternary nitrogens is 1. The Labute approximate surface area is 74.0 Å². The van der Waals surface area contributed by atoms with Crippen LogP contribution < -0.4 is 17.3 Å². The fraction of sp³-hybridized carbons (Fsp3) is 1.00. The van der Waals surface area contributed by atoms with Crippen molar-refractivity contribution < 1.29 is 22.4 Å². The first kappa shape index (κ1) is 9.30. The highest BCUT2D eigenvalue weighted by Crippen LogP contribution is 2.25. The average molecular weight is 178 g/mol. The standard InChI is InChI=1S/C8H15NO.ClH/c1-9-5-6-2-3-7(9)8(10)4-6;/h6-8,10H,2-5H2,1H3;1H. The lowest BCUT2D eigenvalue weighted by Crippen LogP contribution is -3.17. The van der Waals surface area contributed by atoms with Crippen LogP contribution in [0.1, 0.15) is 19.3 Å². The second-order valence-electron chi connectivity index (χ2n) is 3.90. The number of piperidine rings is 2. The van der Waals surface area contributed by atoms with E-state index in [4.69, 9.17) is 0 Å². The minimum atomic E-state index is 0. The summed E-state index contributed by atoms with van der Waals surface area (Å²) in [6, 6.07) is 0.560. The number of halogens is 1. The summed E-state index contributed by atoms with van der Waals surface area (Å²) in [5, 5.41) is 9.55. The van der Waals surface area contributed by atoms with E-state index in [-0.39, 0.29) is 18.5 Å². The Bertz CT molecular complexity index is 130. The maximum absolute atomic E-state index is 9.55. The SMILES string of the molecule is C[NH+]1CC2CCC1C(O)C2.[Cl-]. The van der Waals surface area contributed by atoms with Crippen molar-refractivity contribution in [2.75, 3.05) is 13.6 Å². The quantitative estimate of drug-likeness (QED) is 0.388. The van der Waals surface area contributed by atoms with E-state index >= 15 is 0 Å². The first-order valence-electron chi connectivity index (χ1n) is 4.28. The molecule has 3 fully saturated rings. The largest absolute Gasteiger partial charge is 1.00 e. The second kappa shape index (κ2) is 3.30. The van der Waals surface area contributed by atoms with Gasteiger partial charge >= 0.3 is 0 Å². The summed E-state index contributed by atoms with van der Waals surface area (Å²) in [5.74, 6) is 0.819. The third kappa shape index (κ3) is 1.53. The lowest BCUT2D eigenvalue weighted by Gasteiger charge is -2.43. The Morgan fingerprint density at radius 2 is 2.09 bits per heavy atom. The number of fused-ring (bicyclic) bond motifs is 3. The van der Waals surface area contributed by atoms with Gasteiger partial charge in [0.15, 0.2) is 0 Å². The third-order valence-electron chi connectivity index (χ3n) is 3.17. The Morgan fingerprint density at radius 3 is 2.45 bits per heavy atom. The van der Waals surface area contributed by atoms with Crippen molar-refractivity contribution in [1.29, 1.82) is 0 Å². The van der Waals surface area contributed by atoms with Crippen molar-refractivity contribution in [3.8, 4) is 0 Å². The molecule has 0 radical (unpaired) electrons. The third-order valence-corrected chi connectivity index (χ3v) is 3.17. The van der Waals surface area contributed by atoms with Gasteiger partial charge in [-0.25, -0.2) is 0 Å². The molecule has 66 valence electrons. The minimum Gasteiger partial charge on any atom is -1.00 e.